The zero-order valence-corrected chi connectivity index (χ0v) is 15.7. The van der Waals surface area contributed by atoms with Crippen molar-refractivity contribution in [3.8, 4) is 5.75 Å². The molecule has 1 heterocycles. The van der Waals surface area contributed by atoms with Crippen LogP contribution in [0.4, 0.5) is 17.6 Å². The number of anilines is 3. The molecular weight excluding hydrogens is 438 g/mol. The number of nitrogens with zero attached hydrogens (tertiary/aromatic N) is 3. The smallest absolute Gasteiger partial charge is 0.295 e. The van der Waals surface area contributed by atoms with Crippen molar-refractivity contribution in [3.05, 3.63) is 29.5 Å². The Kier molecular flexibility index (Phi) is 4.76. The first-order valence-corrected chi connectivity index (χ1v) is 10.2. The van der Waals surface area contributed by atoms with E-state index in [2.05, 4.69) is 26.3 Å². The van der Waals surface area contributed by atoms with Gasteiger partial charge in [-0.2, -0.15) is 31.8 Å². The minimum atomic E-state index is -4.76. The van der Waals surface area contributed by atoms with Crippen LogP contribution in [0, 0.1) is 6.07 Å². The highest BCUT2D eigenvalue weighted by Gasteiger charge is 2.20. The monoisotopic (exact) mass is 446 g/mol. The van der Waals surface area contributed by atoms with E-state index in [4.69, 9.17) is 21.9 Å². The maximum Gasteiger partial charge on any atom is 0.295 e. The largest absolute Gasteiger partial charge is 0.507 e. The van der Waals surface area contributed by atoms with Crippen molar-refractivity contribution in [2.24, 2.45) is 0 Å². The topological polar surface area (TPSA) is 206 Å². The summed E-state index contributed by atoms with van der Waals surface area (Å²) in [5, 5.41) is 12.2. The van der Waals surface area contributed by atoms with Gasteiger partial charge in [-0.05, 0) is 35.2 Å². The molecule has 147 valence electrons. The second kappa shape index (κ2) is 6.68. The molecule has 0 aliphatic heterocycles. The van der Waals surface area contributed by atoms with Crippen LogP contribution in [-0.2, 0) is 20.2 Å². The SMILES string of the molecule is Nc1nc(Cl)nc(Nc2cc(S(=O)(=O)O)cc3cc(S(=O)(=O)O)[c]c(O)c23)n1. The summed E-state index contributed by atoms with van der Waals surface area (Å²) in [6.07, 6.45) is 0. The summed E-state index contributed by atoms with van der Waals surface area (Å²) >= 11 is 5.67. The van der Waals surface area contributed by atoms with Crippen molar-refractivity contribution in [2.75, 3.05) is 11.1 Å². The van der Waals surface area contributed by atoms with Gasteiger partial charge in [0.25, 0.3) is 20.2 Å². The maximum absolute atomic E-state index is 11.6. The summed E-state index contributed by atoms with van der Waals surface area (Å²) in [4.78, 5) is 9.54. The molecule has 28 heavy (non-hydrogen) atoms. The van der Waals surface area contributed by atoms with Crippen molar-refractivity contribution in [3.63, 3.8) is 0 Å². The molecule has 3 aromatic rings. The number of fused-ring (bicyclic) bond motifs is 1. The van der Waals surface area contributed by atoms with Crippen LogP contribution in [0.15, 0.2) is 28.0 Å². The number of aromatic nitrogens is 3. The number of rotatable bonds is 4. The Hall–Kier alpha value is -2.78. The summed E-state index contributed by atoms with van der Waals surface area (Å²) < 4.78 is 64.3. The highest BCUT2D eigenvalue weighted by atomic mass is 35.5. The molecule has 0 fully saturated rings. The van der Waals surface area contributed by atoms with Gasteiger partial charge in [0.15, 0.2) is 0 Å². The fourth-order valence-corrected chi connectivity index (χ4v) is 3.51. The van der Waals surface area contributed by atoms with Gasteiger partial charge in [0.2, 0.25) is 17.2 Å². The molecule has 1 aromatic heterocycles. The van der Waals surface area contributed by atoms with E-state index in [0.717, 1.165) is 18.2 Å². The van der Waals surface area contributed by atoms with E-state index in [1.807, 2.05) is 0 Å². The summed E-state index contributed by atoms with van der Waals surface area (Å²) in [6, 6.07) is 4.71. The Morgan fingerprint density at radius 2 is 1.71 bits per heavy atom. The number of benzene rings is 2. The summed E-state index contributed by atoms with van der Waals surface area (Å²) in [6.45, 7) is 0. The van der Waals surface area contributed by atoms with Gasteiger partial charge in [-0.3, -0.25) is 9.11 Å². The van der Waals surface area contributed by atoms with Gasteiger partial charge < -0.3 is 16.2 Å². The van der Waals surface area contributed by atoms with E-state index in [0.29, 0.717) is 0 Å². The Morgan fingerprint density at radius 3 is 2.29 bits per heavy atom. The average molecular weight is 447 g/mol. The fourth-order valence-electron chi connectivity index (χ4n) is 2.30. The molecule has 0 unspecified atom stereocenters. The van der Waals surface area contributed by atoms with Crippen LogP contribution < -0.4 is 11.1 Å². The number of phenols is 1. The molecule has 0 spiro atoms. The average Bonchev–Trinajstić information content (AvgIpc) is 2.51. The molecule has 12 nitrogen and oxygen atoms in total. The highest BCUT2D eigenvalue weighted by Crippen LogP contribution is 2.37. The Bertz CT molecular complexity index is 1300. The van der Waals surface area contributed by atoms with Crippen molar-refractivity contribution in [1.29, 1.82) is 0 Å². The summed E-state index contributed by atoms with van der Waals surface area (Å²) in [5.74, 6) is -1.24. The molecule has 15 heteroatoms. The van der Waals surface area contributed by atoms with E-state index in [1.54, 1.807) is 0 Å². The fraction of sp³-hybridized carbons (Fsp3) is 0. The lowest BCUT2D eigenvalue weighted by atomic mass is 10.1. The lowest BCUT2D eigenvalue weighted by Gasteiger charge is -2.13. The first-order chi connectivity index (χ1) is 12.8. The molecule has 0 saturated carbocycles. The van der Waals surface area contributed by atoms with Crippen molar-refractivity contribution in [1.82, 2.24) is 15.0 Å². The van der Waals surface area contributed by atoms with Crippen molar-refractivity contribution < 1.29 is 31.0 Å². The molecule has 0 aliphatic carbocycles. The number of halogens is 1. The van der Waals surface area contributed by atoms with E-state index in [-0.39, 0.29) is 33.6 Å². The minimum Gasteiger partial charge on any atom is -0.507 e. The second-order valence-electron chi connectivity index (χ2n) is 5.28. The van der Waals surface area contributed by atoms with Crippen molar-refractivity contribution >= 4 is 60.2 Å². The van der Waals surface area contributed by atoms with E-state index < -0.39 is 35.8 Å². The lowest BCUT2D eigenvalue weighted by Crippen LogP contribution is -2.06. The van der Waals surface area contributed by atoms with Gasteiger partial charge in [-0.15, -0.1) is 0 Å². The second-order valence-corrected chi connectivity index (χ2v) is 8.43. The molecule has 0 atom stereocenters. The number of nitrogens with one attached hydrogen (secondary N) is 1. The predicted molar refractivity (Wildman–Crippen MR) is 96.6 cm³/mol. The maximum atomic E-state index is 11.6. The van der Waals surface area contributed by atoms with Gasteiger partial charge in [-0.25, -0.2) is 0 Å². The lowest BCUT2D eigenvalue weighted by molar-refractivity contribution is 0.469. The van der Waals surface area contributed by atoms with Crippen molar-refractivity contribution in [2.45, 2.75) is 9.79 Å². The molecule has 3 rings (SSSR count). The number of nitrogens with two attached hydrogens (primary N) is 1. The molecule has 1 radical (unpaired) electrons. The van der Waals surface area contributed by atoms with Crippen LogP contribution >= 0.6 is 11.6 Å². The Balaban J connectivity index is 2.33. The molecule has 0 amide bonds. The normalized spacial score (nSPS) is 12.2. The number of hydrogen-bond donors (Lipinski definition) is 5. The first kappa shape index (κ1) is 20.0. The predicted octanol–water partition coefficient (Wildman–Crippen LogP) is 1.00. The van der Waals surface area contributed by atoms with Gasteiger partial charge in [0.1, 0.15) is 10.6 Å². The van der Waals surface area contributed by atoms with Gasteiger partial charge in [0, 0.05) is 5.39 Å². The highest BCUT2D eigenvalue weighted by molar-refractivity contribution is 7.86. The third-order valence-corrected chi connectivity index (χ3v) is 5.13. The van der Waals surface area contributed by atoms with Crippen LogP contribution in [0.5, 0.6) is 5.75 Å². The Labute approximate surface area is 162 Å². The molecule has 0 bridgehead atoms. The van der Waals surface area contributed by atoms with Crippen LogP contribution in [0.1, 0.15) is 0 Å². The van der Waals surface area contributed by atoms with Gasteiger partial charge >= 0.3 is 0 Å². The number of phenolic OH excluding ortho intramolecular Hbond substituents is 1. The molecule has 2 aromatic carbocycles. The van der Waals surface area contributed by atoms with Crippen LogP contribution in [0.3, 0.4) is 0 Å². The first-order valence-electron chi connectivity index (χ1n) is 6.97. The zero-order chi connectivity index (χ0) is 20.9. The number of hydrogen-bond acceptors (Lipinski definition) is 10. The number of aromatic hydroxyl groups is 1. The summed E-state index contributed by atoms with van der Waals surface area (Å²) in [7, 11) is -9.50. The van der Waals surface area contributed by atoms with Crippen LogP contribution in [-0.4, -0.2) is 46.0 Å². The standard InChI is InChI=1S/C13H9ClN5O7S2/c14-11-17-12(15)19-13(18-11)16-8-3-6(27(21,22)23)1-5-2-7(28(24,25)26)4-9(20)10(5)8/h1-3,20H,(H,21,22,23)(H,24,25,26)(H3,15,16,17,18,19). The van der Waals surface area contributed by atoms with Crippen LogP contribution in [0.2, 0.25) is 5.28 Å². The Morgan fingerprint density at radius 1 is 1.04 bits per heavy atom. The molecular formula is C13H9ClN5O7S2. The quantitative estimate of drug-likeness (QED) is 0.356. The van der Waals surface area contributed by atoms with E-state index >= 15 is 0 Å². The minimum absolute atomic E-state index is 0.116. The molecule has 6 N–H and O–H groups in total. The third kappa shape index (κ3) is 4.05. The molecule has 0 aliphatic rings. The van der Waals surface area contributed by atoms with E-state index in [9.17, 15) is 26.5 Å². The number of nitrogen functional groups attached to an aromatic ring is 1. The third-order valence-electron chi connectivity index (χ3n) is 3.36. The zero-order valence-electron chi connectivity index (χ0n) is 13.3. The van der Waals surface area contributed by atoms with Gasteiger partial charge in [-0.1, -0.05) is 0 Å². The van der Waals surface area contributed by atoms with Crippen LogP contribution in [0.25, 0.3) is 10.8 Å². The van der Waals surface area contributed by atoms with Gasteiger partial charge in [0.05, 0.1) is 16.6 Å². The molecule has 0 saturated heterocycles. The summed E-state index contributed by atoms with van der Waals surface area (Å²) in [5.41, 5.74) is 5.29. The van der Waals surface area contributed by atoms with E-state index in [1.165, 1.54) is 0 Å².